The van der Waals surface area contributed by atoms with Crippen LogP contribution < -0.4 is 5.32 Å². The molecule has 1 aromatic heterocycles. The molecule has 2 rings (SSSR count). The van der Waals surface area contributed by atoms with Gasteiger partial charge in [-0.2, -0.15) is 4.98 Å². The Balaban J connectivity index is 0.00000162. The number of hydrogen-bond donors (Lipinski definition) is 1. The highest BCUT2D eigenvalue weighted by Crippen LogP contribution is 2.20. The van der Waals surface area contributed by atoms with Crippen LogP contribution in [0.25, 0.3) is 0 Å². The van der Waals surface area contributed by atoms with Crippen LogP contribution in [-0.4, -0.2) is 41.7 Å². The van der Waals surface area contributed by atoms with E-state index in [1.54, 1.807) is 0 Å². The maximum absolute atomic E-state index is 5.15. The normalized spacial score (nSPS) is 17.7. The molecule has 2 heterocycles. The van der Waals surface area contributed by atoms with E-state index in [-0.39, 0.29) is 12.4 Å². The fourth-order valence-electron chi connectivity index (χ4n) is 2.38. The molecule has 0 amide bonds. The molecule has 1 saturated heterocycles. The first-order valence-electron chi connectivity index (χ1n) is 6.44. The zero-order valence-electron chi connectivity index (χ0n) is 11.2. The Kier molecular flexibility index (Phi) is 6.60. The molecule has 6 heteroatoms. The number of nitrogens with one attached hydrogen (secondary N) is 1. The van der Waals surface area contributed by atoms with Gasteiger partial charge in [-0.3, -0.25) is 4.90 Å². The average Bonchev–Trinajstić information content (AvgIpc) is 2.74. The Morgan fingerprint density at radius 3 is 2.67 bits per heavy atom. The summed E-state index contributed by atoms with van der Waals surface area (Å²) in [6.07, 6.45) is 3.87. The topological polar surface area (TPSA) is 54.2 Å². The minimum atomic E-state index is 0. The average molecular weight is 275 g/mol. The van der Waals surface area contributed by atoms with Crippen LogP contribution in [0.3, 0.4) is 0 Å². The van der Waals surface area contributed by atoms with Crippen LogP contribution in [0.4, 0.5) is 0 Å². The Morgan fingerprint density at radius 2 is 2.11 bits per heavy atom. The van der Waals surface area contributed by atoms with Gasteiger partial charge < -0.3 is 9.84 Å². The zero-order chi connectivity index (χ0) is 12.1. The molecule has 1 aliphatic heterocycles. The number of aryl methyl sites for hydroxylation is 1. The third-order valence-corrected chi connectivity index (χ3v) is 3.44. The van der Waals surface area contributed by atoms with Crippen molar-refractivity contribution in [2.75, 3.05) is 26.7 Å². The predicted octanol–water partition coefficient (Wildman–Crippen LogP) is 1.62. The van der Waals surface area contributed by atoms with E-state index in [9.17, 15) is 0 Å². The number of piperidine rings is 1. The van der Waals surface area contributed by atoms with Crippen molar-refractivity contribution in [2.24, 2.45) is 5.92 Å². The van der Waals surface area contributed by atoms with Gasteiger partial charge in [0.2, 0.25) is 5.89 Å². The van der Waals surface area contributed by atoms with Crippen LogP contribution in [-0.2, 0) is 6.54 Å². The second kappa shape index (κ2) is 7.71. The van der Waals surface area contributed by atoms with Gasteiger partial charge in [0.05, 0.1) is 6.54 Å². The van der Waals surface area contributed by atoms with Crippen molar-refractivity contribution in [1.82, 2.24) is 20.4 Å². The lowest BCUT2D eigenvalue weighted by atomic mass is 9.93. The second-order valence-electron chi connectivity index (χ2n) is 4.85. The monoisotopic (exact) mass is 274 g/mol. The molecule has 0 spiro atoms. The summed E-state index contributed by atoms with van der Waals surface area (Å²) < 4.78 is 5.15. The van der Waals surface area contributed by atoms with Gasteiger partial charge in [-0.15, -0.1) is 12.4 Å². The molecule has 0 unspecified atom stereocenters. The quantitative estimate of drug-likeness (QED) is 0.884. The SMILES string of the molecule is CNCCC1CCN(Cc2nc(C)no2)CC1.Cl. The third kappa shape index (κ3) is 4.55. The van der Waals surface area contributed by atoms with Crippen LogP contribution in [0.2, 0.25) is 0 Å². The van der Waals surface area contributed by atoms with Gasteiger partial charge in [-0.1, -0.05) is 5.16 Å². The Hall–Kier alpha value is -0.650. The summed E-state index contributed by atoms with van der Waals surface area (Å²) in [7, 11) is 2.02. The molecule has 1 fully saturated rings. The van der Waals surface area contributed by atoms with Crippen molar-refractivity contribution in [3.8, 4) is 0 Å². The molecule has 0 saturated carbocycles. The summed E-state index contributed by atoms with van der Waals surface area (Å²) in [6.45, 7) is 6.09. The molecule has 104 valence electrons. The zero-order valence-corrected chi connectivity index (χ0v) is 12.0. The maximum Gasteiger partial charge on any atom is 0.240 e. The van der Waals surface area contributed by atoms with Crippen molar-refractivity contribution >= 4 is 12.4 Å². The highest BCUT2D eigenvalue weighted by atomic mass is 35.5. The molecule has 0 bridgehead atoms. The summed E-state index contributed by atoms with van der Waals surface area (Å²) in [5.41, 5.74) is 0. The minimum absolute atomic E-state index is 0. The lowest BCUT2D eigenvalue weighted by Gasteiger charge is -2.30. The van der Waals surface area contributed by atoms with E-state index < -0.39 is 0 Å². The lowest BCUT2D eigenvalue weighted by molar-refractivity contribution is 0.155. The van der Waals surface area contributed by atoms with E-state index in [1.165, 1.54) is 19.3 Å². The molecule has 1 aliphatic rings. The number of hydrogen-bond acceptors (Lipinski definition) is 5. The molecule has 1 N–H and O–H groups in total. The van der Waals surface area contributed by atoms with E-state index in [0.717, 1.165) is 43.8 Å². The highest BCUT2D eigenvalue weighted by Gasteiger charge is 2.20. The smallest absolute Gasteiger partial charge is 0.240 e. The van der Waals surface area contributed by atoms with Gasteiger partial charge in [-0.05, 0) is 58.8 Å². The summed E-state index contributed by atoms with van der Waals surface area (Å²) in [4.78, 5) is 6.65. The molecule has 0 radical (unpaired) electrons. The number of likely N-dealkylation sites (tertiary alicyclic amines) is 1. The van der Waals surface area contributed by atoms with Gasteiger partial charge in [0.25, 0.3) is 0 Å². The fraction of sp³-hybridized carbons (Fsp3) is 0.833. The van der Waals surface area contributed by atoms with Gasteiger partial charge >= 0.3 is 0 Å². The second-order valence-corrected chi connectivity index (χ2v) is 4.85. The maximum atomic E-state index is 5.15. The van der Waals surface area contributed by atoms with E-state index in [4.69, 9.17) is 4.52 Å². The first-order chi connectivity index (χ1) is 8.28. The predicted molar refractivity (Wildman–Crippen MR) is 72.8 cm³/mol. The van der Waals surface area contributed by atoms with Crippen LogP contribution in [0, 0.1) is 12.8 Å². The van der Waals surface area contributed by atoms with Crippen molar-refractivity contribution in [1.29, 1.82) is 0 Å². The molecule has 18 heavy (non-hydrogen) atoms. The van der Waals surface area contributed by atoms with Gasteiger partial charge in [0.15, 0.2) is 5.82 Å². The number of halogens is 1. The molecule has 1 aromatic rings. The number of aromatic nitrogens is 2. The molecule has 0 aliphatic carbocycles. The molecule has 5 nitrogen and oxygen atoms in total. The first kappa shape index (κ1) is 15.4. The first-order valence-corrected chi connectivity index (χ1v) is 6.44. The van der Waals surface area contributed by atoms with E-state index in [0.29, 0.717) is 0 Å². The number of nitrogens with zero attached hydrogens (tertiary/aromatic N) is 3. The lowest BCUT2D eigenvalue weighted by Crippen LogP contribution is -2.34. The largest absolute Gasteiger partial charge is 0.338 e. The van der Waals surface area contributed by atoms with Gasteiger partial charge in [0.1, 0.15) is 0 Å². The Labute approximate surface area is 115 Å². The van der Waals surface area contributed by atoms with Crippen LogP contribution in [0.5, 0.6) is 0 Å². The van der Waals surface area contributed by atoms with Gasteiger partial charge in [0, 0.05) is 0 Å². The third-order valence-electron chi connectivity index (χ3n) is 3.44. The van der Waals surface area contributed by atoms with Crippen molar-refractivity contribution < 1.29 is 4.52 Å². The Bertz CT molecular complexity index is 337. The van der Waals surface area contributed by atoms with Gasteiger partial charge in [-0.25, -0.2) is 0 Å². The minimum Gasteiger partial charge on any atom is -0.338 e. The van der Waals surface area contributed by atoms with Crippen LogP contribution in [0.1, 0.15) is 31.0 Å². The summed E-state index contributed by atoms with van der Waals surface area (Å²) in [5, 5.41) is 7.04. The molecular formula is C12H23ClN4O. The van der Waals surface area contributed by atoms with E-state index in [1.807, 2.05) is 14.0 Å². The fourth-order valence-corrected chi connectivity index (χ4v) is 2.38. The van der Waals surface area contributed by atoms with Crippen molar-refractivity contribution in [3.63, 3.8) is 0 Å². The van der Waals surface area contributed by atoms with Crippen LogP contribution >= 0.6 is 12.4 Å². The Morgan fingerprint density at radius 1 is 1.39 bits per heavy atom. The summed E-state index contributed by atoms with van der Waals surface area (Å²) in [6, 6.07) is 0. The highest BCUT2D eigenvalue weighted by molar-refractivity contribution is 5.85. The molecule has 0 aromatic carbocycles. The summed E-state index contributed by atoms with van der Waals surface area (Å²) >= 11 is 0. The summed E-state index contributed by atoms with van der Waals surface area (Å²) in [5.74, 6) is 2.35. The standard InChI is InChI=1S/C12H22N4O.ClH/c1-10-14-12(17-15-10)9-16-7-4-11(5-8-16)3-6-13-2;/h11,13H,3-9H2,1-2H3;1H. The number of rotatable bonds is 5. The van der Waals surface area contributed by atoms with E-state index >= 15 is 0 Å². The van der Waals surface area contributed by atoms with Crippen LogP contribution in [0.15, 0.2) is 4.52 Å². The van der Waals surface area contributed by atoms with Crippen molar-refractivity contribution in [2.45, 2.75) is 32.7 Å². The molecular weight excluding hydrogens is 252 g/mol. The van der Waals surface area contributed by atoms with Crippen molar-refractivity contribution in [3.05, 3.63) is 11.7 Å². The van der Waals surface area contributed by atoms with E-state index in [2.05, 4.69) is 20.4 Å². The molecule has 0 atom stereocenters.